The van der Waals surface area contributed by atoms with E-state index in [-0.39, 0.29) is 6.10 Å². The van der Waals surface area contributed by atoms with Gasteiger partial charge in [-0.3, -0.25) is 0 Å². The van der Waals surface area contributed by atoms with Crippen molar-refractivity contribution < 1.29 is 5.11 Å². The highest BCUT2D eigenvalue weighted by Crippen LogP contribution is 2.68. The Kier molecular flexibility index (Phi) is 5.67. The Morgan fingerprint density at radius 3 is 2.68 bits per heavy atom. The van der Waals surface area contributed by atoms with Gasteiger partial charge in [-0.05, 0) is 135 Å². The number of hydrogen-bond acceptors (Lipinski definition) is 2. The Morgan fingerprint density at radius 1 is 1.03 bits per heavy atom. The van der Waals surface area contributed by atoms with Gasteiger partial charge in [0.1, 0.15) is 5.82 Å². The number of fused-ring (bicyclic) bond motifs is 6. The van der Waals surface area contributed by atoms with Crippen LogP contribution in [0.5, 0.6) is 0 Å². The Labute approximate surface area is 206 Å². The number of aromatic nitrogens is 2. The van der Waals surface area contributed by atoms with Gasteiger partial charge in [-0.1, -0.05) is 26.8 Å². The molecule has 0 amide bonds. The van der Waals surface area contributed by atoms with E-state index in [0.717, 1.165) is 60.3 Å². The fourth-order valence-corrected chi connectivity index (χ4v) is 10.1. The first-order chi connectivity index (χ1) is 16.3. The molecule has 4 saturated carbocycles. The van der Waals surface area contributed by atoms with Gasteiger partial charge in [0.2, 0.25) is 0 Å². The molecule has 1 aromatic carbocycles. The highest BCUT2D eigenvalue weighted by molar-refractivity contribution is 5.75. The summed E-state index contributed by atoms with van der Waals surface area (Å²) in [7, 11) is 0. The molecule has 1 heterocycles. The van der Waals surface area contributed by atoms with Gasteiger partial charge in [0.15, 0.2) is 0 Å². The van der Waals surface area contributed by atoms with Crippen molar-refractivity contribution in [2.75, 3.05) is 0 Å². The number of rotatable bonds is 4. The average molecular weight is 463 g/mol. The van der Waals surface area contributed by atoms with Crippen LogP contribution in [0.4, 0.5) is 0 Å². The van der Waals surface area contributed by atoms with Crippen LogP contribution in [0.2, 0.25) is 0 Å². The maximum absolute atomic E-state index is 10.3. The van der Waals surface area contributed by atoms with E-state index in [4.69, 9.17) is 4.98 Å². The number of imidazole rings is 1. The lowest BCUT2D eigenvalue weighted by atomic mass is 9.44. The molecule has 34 heavy (non-hydrogen) atoms. The third-order valence-electron chi connectivity index (χ3n) is 11.9. The summed E-state index contributed by atoms with van der Waals surface area (Å²) in [6.07, 6.45) is 14.2. The van der Waals surface area contributed by atoms with E-state index >= 15 is 0 Å². The molecule has 4 aliphatic rings. The first kappa shape index (κ1) is 23.1. The molecule has 186 valence electrons. The first-order valence-corrected chi connectivity index (χ1v) is 14.4. The number of benzene rings is 1. The fourth-order valence-electron chi connectivity index (χ4n) is 10.1. The van der Waals surface area contributed by atoms with Crippen LogP contribution < -0.4 is 0 Å². The SMILES string of the molecule is Cc1ccc2nc(CC[C@@H](C)[C@H]3CC[C@H]4[C@@H]5CC[C@@H]6C[C@@H](O)CC[C@]6(C)[C@H]5CC[C@]34C)[nH]c2c1. The number of aliphatic hydroxyl groups excluding tert-OH is 1. The molecule has 0 saturated heterocycles. The number of hydrogen-bond donors (Lipinski definition) is 2. The van der Waals surface area contributed by atoms with Crippen LogP contribution in [-0.4, -0.2) is 21.2 Å². The third kappa shape index (κ3) is 3.59. The van der Waals surface area contributed by atoms with Crippen LogP contribution >= 0.6 is 0 Å². The summed E-state index contributed by atoms with van der Waals surface area (Å²) in [5.41, 5.74) is 4.62. The van der Waals surface area contributed by atoms with Crippen molar-refractivity contribution in [3.8, 4) is 0 Å². The van der Waals surface area contributed by atoms with E-state index < -0.39 is 0 Å². The third-order valence-corrected chi connectivity index (χ3v) is 11.9. The summed E-state index contributed by atoms with van der Waals surface area (Å²) in [4.78, 5) is 8.47. The van der Waals surface area contributed by atoms with Gasteiger partial charge in [0.25, 0.3) is 0 Å². The van der Waals surface area contributed by atoms with Crippen LogP contribution in [0.1, 0.15) is 96.4 Å². The van der Waals surface area contributed by atoms with Gasteiger partial charge < -0.3 is 10.1 Å². The number of nitrogens with zero attached hydrogens (tertiary/aromatic N) is 1. The quantitative estimate of drug-likeness (QED) is 0.495. The van der Waals surface area contributed by atoms with Crippen molar-refractivity contribution >= 4 is 11.0 Å². The van der Waals surface area contributed by atoms with Crippen molar-refractivity contribution in [1.82, 2.24) is 9.97 Å². The predicted octanol–water partition coefficient (Wildman–Crippen LogP) is 7.46. The van der Waals surface area contributed by atoms with Crippen LogP contribution in [-0.2, 0) is 6.42 Å². The summed E-state index contributed by atoms with van der Waals surface area (Å²) in [5.74, 6) is 6.34. The predicted molar refractivity (Wildman–Crippen MR) is 140 cm³/mol. The highest BCUT2D eigenvalue weighted by atomic mass is 16.3. The number of H-pyrrole nitrogens is 1. The fraction of sp³-hybridized carbons (Fsp3) is 0.774. The van der Waals surface area contributed by atoms with Gasteiger partial charge >= 0.3 is 0 Å². The number of aromatic amines is 1. The number of aliphatic hydroxyl groups is 1. The molecule has 0 bridgehead atoms. The molecule has 2 N–H and O–H groups in total. The second-order valence-electron chi connectivity index (χ2n) is 13.5. The monoisotopic (exact) mass is 462 g/mol. The number of nitrogens with one attached hydrogen (secondary N) is 1. The van der Waals surface area contributed by atoms with Crippen molar-refractivity contribution in [2.45, 2.75) is 104 Å². The smallest absolute Gasteiger partial charge is 0.107 e. The highest BCUT2D eigenvalue weighted by Gasteiger charge is 2.60. The molecule has 1 aromatic heterocycles. The number of aryl methyl sites for hydroxylation is 2. The minimum absolute atomic E-state index is 0.0315. The van der Waals surface area contributed by atoms with Crippen molar-refractivity contribution in [1.29, 1.82) is 0 Å². The van der Waals surface area contributed by atoms with Crippen molar-refractivity contribution in [3.05, 3.63) is 29.6 Å². The van der Waals surface area contributed by atoms with Crippen molar-refractivity contribution in [3.63, 3.8) is 0 Å². The van der Waals surface area contributed by atoms with E-state index in [9.17, 15) is 5.11 Å². The molecular weight excluding hydrogens is 416 g/mol. The molecule has 3 heteroatoms. The van der Waals surface area contributed by atoms with Crippen LogP contribution in [0, 0.1) is 53.3 Å². The Bertz CT molecular complexity index is 1040. The second-order valence-corrected chi connectivity index (χ2v) is 13.5. The summed E-state index contributed by atoms with van der Waals surface area (Å²) < 4.78 is 0. The normalized spacial score (nSPS) is 42.7. The maximum atomic E-state index is 10.3. The maximum Gasteiger partial charge on any atom is 0.107 e. The molecule has 3 nitrogen and oxygen atoms in total. The van der Waals surface area contributed by atoms with E-state index in [1.165, 1.54) is 68.3 Å². The standard InChI is InChI=1S/C31H46N2O/c1-19-5-11-27-28(17-19)33-29(32-27)12-6-20(2)24-9-10-25-23-8-7-21-18-22(34)13-15-30(21,3)26(23)14-16-31(24,25)4/h5,11,17,20-26,34H,6-10,12-16,18H2,1-4H3,(H,32,33)/t20-,21-,22+,23+,24-,25+,26+,30+,31-/m1/s1. The Hall–Kier alpha value is -1.35. The van der Waals surface area contributed by atoms with E-state index in [1.807, 2.05) is 0 Å². The molecule has 4 aliphatic carbocycles. The van der Waals surface area contributed by atoms with Crippen LogP contribution in [0.3, 0.4) is 0 Å². The lowest BCUT2D eigenvalue weighted by Gasteiger charge is -2.61. The Balaban J connectivity index is 1.15. The molecule has 9 atom stereocenters. The Morgan fingerprint density at radius 2 is 1.82 bits per heavy atom. The molecule has 6 rings (SSSR count). The van der Waals surface area contributed by atoms with Crippen LogP contribution in [0.15, 0.2) is 18.2 Å². The minimum Gasteiger partial charge on any atom is -0.393 e. The van der Waals surface area contributed by atoms with Crippen LogP contribution in [0.25, 0.3) is 11.0 Å². The van der Waals surface area contributed by atoms with Gasteiger partial charge in [-0.25, -0.2) is 4.98 Å². The molecule has 2 aromatic rings. The summed E-state index contributed by atoms with van der Waals surface area (Å²) in [5, 5.41) is 10.3. The molecule has 0 spiro atoms. The molecule has 0 radical (unpaired) electrons. The lowest BCUT2D eigenvalue weighted by molar-refractivity contribution is -0.129. The van der Waals surface area contributed by atoms with Gasteiger partial charge in [-0.15, -0.1) is 0 Å². The molecular formula is C31H46N2O. The largest absolute Gasteiger partial charge is 0.393 e. The summed E-state index contributed by atoms with van der Waals surface area (Å²) in [6, 6.07) is 6.53. The minimum atomic E-state index is -0.0315. The van der Waals surface area contributed by atoms with Gasteiger partial charge in [0.05, 0.1) is 17.1 Å². The average Bonchev–Trinajstić information content (AvgIpc) is 3.37. The lowest BCUT2D eigenvalue weighted by Crippen LogP contribution is -2.54. The zero-order valence-corrected chi connectivity index (χ0v) is 21.9. The molecule has 0 aliphatic heterocycles. The first-order valence-electron chi connectivity index (χ1n) is 14.4. The van der Waals surface area contributed by atoms with E-state index in [0.29, 0.717) is 10.8 Å². The van der Waals surface area contributed by atoms with E-state index in [1.54, 1.807) is 0 Å². The topological polar surface area (TPSA) is 48.9 Å². The summed E-state index contributed by atoms with van der Waals surface area (Å²) in [6.45, 7) is 9.99. The summed E-state index contributed by atoms with van der Waals surface area (Å²) >= 11 is 0. The van der Waals surface area contributed by atoms with Crippen molar-refractivity contribution in [2.24, 2.45) is 46.3 Å². The zero-order valence-electron chi connectivity index (χ0n) is 21.9. The van der Waals surface area contributed by atoms with Gasteiger partial charge in [0, 0.05) is 6.42 Å². The molecule has 0 unspecified atom stereocenters. The molecule has 4 fully saturated rings. The van der Waals surface area contributed by atoms with E-state index in [2.05, 4.69) is 50.9 Å². The zero-order chi connectivity index (χ0) is 23.7. The van der Waals surface area contributed by atoms with Gasteiger partial charge in [-0.2, -0.15) is 0 Å². The second kappa shape index (κ2) is 8.36.